The Bertz CT molecular complexity index is 359. The molecule has 0 saturated carbocycles. The molecule has 0 aromatic heterocycles. The van der Waals surface area contributed by atoms with Gasteiger partial charge < -0.3 is 14.7 Å². The van der Waals surface area contributed by atoms with Crippen LogP contribution in [-0.4, -0.2) is 47.7 Å². The third-order valence-electron chi connectivity index (χ3n) is 3.85. The first-order chi connectivity index (χ1) is 9.18. The van der Waals surface area contributed by atoms with Crippen molar-refractivity contribution in [1.29, 1.82) is 0 Å². The topological polar surface area (TPSA) is 66.8 Å². The van der Waals surface area contributed by atoms with E-state index in [2.05, 4.69) is 0 Å². The Morgan fingerprint density at radius 2 is 2.00 bits per heavy atom. The van der Waals surface area contributed by atoms with E-state index in [-0.39, 0.29) is 18.4 Å². The maximum Gasteiger partial charge on any atom is 0.319 e. The summed E-state index contributed by atoms with van der Waals surface area (Å²) in [7, 11) is 0. The van der Waals surface area contributed by atoms with Crippen LogP contribution in [0.25, 0.3) is 0 Å². The van der Waals surface area contributed by atoms with Gasteiger partial charge in [-0.1, -0.05) is 20.8 Å². The van der Waals surface area contributed by atoms with Gasteiger partial charge in [-0.3, -0.25) is 9.59 Å². The molecule has 1 heterocycles. The van der Waals surface area contributed by atoms with Gasteiger partial charge in [-0.2, -0.15) is 0 Å². The lowest BCUT2D eigenvalue weighted by molar-refractivity contribution is -0.160. The number of amides is 1. The van der Waals surface area contributed by atoms with Gasteiger partial charge in [0.1, 0.15) is 5.92 Å². The number of likely N-dealkylation sites (tertiary alicyclic amines) is 1. The van der Waals surface area contributed by atoms with Gasteiger partial charge in [0, 0.05) is 19.0 Å². The molecule has 0 aromatic carbocycles. The van der Waals surface area contributed by atoms with Gasteiger partial charge in [0.05, 0.1) is 12.7 Å². The van der Waals surface area contributed by atoms with Gasteiger partial charge in [-0.15, -0.1) is 0 Å². The van der Waals surface area contributed by atoms with Crippen LogP contribution in [0.5, 0.6) is 0 Å². The molecule has 0 spiro atoms. The Morgan fingerprint density at radius 3 is 2.40 bits per heavy atom. The first kappa shape index (κ1) is 17.0. The fourth-order valence-corrected chi connectivity index (χ4v) is 2.61. The van der Waals surface area contributed by atoms with Gasteiger partial charge in [-0.25, -0.2) is 0 Å². The molecule has 0 radical (unpaired) electrons. The highest BCUT2D eigenvalue weighted by Crippen LogP contribution is 2.31. The zero-order valence-corrected chi connectivity index (χ0v) is 13.2. The van der Waals surface area contributed by atoms with E-state index in [9.17, 15) is 14.7 Å². The lowest BCUT2D eigenvalue weighted by Crippen LogP contribution is -2.45. The van der Waals surface area contributed by atoms with Crippen molar-refractivity contribution in [2.24, 2.45) is 17.3 Å². The Labute approximate surface area is 121 Å². The summed E-state index contributed by atoms with van der Waals surface area (Å²) in [6, 6.07) is 0. The summed E-state index contributed by atoms with van der Waals surface area (Å²) in [6.45, 7) is 10.5. The second kappa shape index (κ2) is 6.57. The monoisotopic (exact) mass is 285 g/mol. The van der Waals surface area contributed by atoms with E-state index in [1.54, 1.807) is 18.7 Å². The minimum absolute atomic E-state index is 0.0989. The van der Waals surface area contributed by atoms with Crippen molar-refractivity contribution in [3.63, 3.8) is 0 Å². The molecule has 1 N–H and O–H groups in total. The van der Waals surface area contributed by atoms with Gasteiger partial charge in [-0.05, 0) is 25.7 Å². The Hall–Kier alpha value is -1.10. The summed E-state index contributed by atoms with van der Waals surface area (Å²) in [4.78, 5) is 26.4. The van der Waals surface area contributed by atoms with Crippen molar-refractivity contribution in [3.8, 4) is 0 Å². The van der Waals surface area contributed by atoms with Crippen LogP contribution in [0.1, 0.15) is 41.0 Å². The summed E-state index contributed by atoms with van der Waals surface area (Å²) in [6.07, 6.45) is 0.354. The molecule has 116 valence electrons. The summed E-state index contributed by atoms with van der Waals surface area (Å²) in [5.74, 6) is -1.32. The number of hydrogen-bond donors (Lipinski definition) is 1. The quantitative estimate of drug-likeness (QED) is 0.627. The number of ether oxygens (including phenoxy) is 1. The largest absolute Gasteiger partial charge is 0.465 e. The summed E-state index contributed by atoms with van der Waals surface area (Å²) in [5.41, 5.74) is -0.480. The van der Waals surface area contributed by atoms with E-state index in [0.717, 1.165) is 6.42 Å². The molecule has 1 saturated heterocycles. The fourth-order valence-electron chi connectivity index (χ4n) is 2.61. The van der Waals surface area contributed by atoms with Crippen molar-refractivity contribution in [1.82, 2.24) is 4.90 Å². The second-order valence-corrected chi connectivity index (χ2v) is 6.62. The smallest absolute Gasteiger partial charge is 0.319 e. The maximum absolute atomic E-state index is 12.6. The fraction of sp³-hybridized carbons (Fsp3) is 0.867. The van der Waals surface area contributed by atoms with Crippen LogP contribution in [0.3, 0.4) is 0 Å². The van der Waals surface area contributed by atoms with E-state index in [0.29, 0.717) is 13.1 Å². The highest BCUT2D eigenvalue weighted by molar-refractivity contribution is 5.98. The van der Waals surface area contributed by atoms with Crippen molar-refractivity contribution in [2.75, 3.05) is 19.7 Å². The van der Waals surface area contributed by atoms with Crippen LogP contribution >= 0.6 is 0 Å². The lowest BCUT2D eigenvalue weighted by Gasteiger charge is -2.31. The zero-order chi connectivity index (χ0) is 15.5. The summed E-state index contributed by atoms with van der Waals surface area (Å²) < 4.78 is 5.05. The molecule has 3 unspecified atom stereocenters. The number of carbonyl (C=O) groups excluding carboxylic acids is 2. The van der Waals surface area contributed by atoms with Crippen LogP contribution in [0.2, 0.25) is 0 Å². The molecule has 1 rings (SSSR count). The predicted octanol–water partition coefficient (Wildman–Crippen LogP) is 1.44. The maximum atomic E-state index is 12.6. The third-order valence-corrected chi connectivity index (χ3v) is 3.85. The number of aliphatic hydroxyl groups excluding tert-OH is 1. The van der Waals surface area contributed by atoms with E-state index in [1.807, 2.05) is 20.8 Å². The molecule has 3 atom stereocenters. The highest BCUT2D eigenvalue weighted by Gasteiger charge is 2.43. The van der Waals surface area contributed by atoms with Crippen LogP contribution in [0, 0.1) is 17.3 Å². The van der Waals surface area contributed by atoms with Gasteiger partial charge >= 0.3 is 5.97 Å². The number of hydrogen-bond acceptors (Lipinski definition) is 4. The Balaban J connectivity index is 2.82. The standard InChI is InChI=1S/C15H27NO4/c1-6-20-14(19)12(15(3,4)5)13(18)16-8-7-11(9-16)10(2)17/h10-12,17H,6-9H2,1-5H3. The molecular weight excluding hydrogens is 258 g/mol. The molecule has 5 nitrogen and oxygen atoms in total. The first-order valence-corrected chi connectivity index (χ1v) is 7.32. The lowest BCUT2D eigenvalue weighted by atomic mass is 9.79. The van der Waals surface area contributed by atoms with Crippen molar-refractivity contribution >= 4 is 11.9 Å². The van der Waals surface area contributed by atoms with E-state index >= 15 is 0 Å². The van der Waals surface area contributed by atoms with Crippen molar-refractivity contribution in [2.45, 2.75) is 47.1 Å². The van der Waals surface area contributed by atoms with E-state index in [1.165, 1.54) is 0 Å². The van der Waals surface area contributed by atoms with E-state index in [4.69, 9.17) is 4.74 Å². The van der Waals surface area contributed by atoms with Crippen molar-refractivity contribution in [3.05, 3.63) is 0 Å². The van der Waals surface area contributed by atoms with Gasteiger partial charge in [0.25, 0.3) is 0 Å². The minimum Gasteiger partial charge on any atom is -0.465 e. The normalized spacial score (nSPS) is 22.5. The van der Waals surface area contributed by atoms with Gasteiger partial charge in [0.2, 0.25) is 5.91 Å². The molecule has 0 bridgehead atoms. The van der Waals surface area contributed by atoms with Crippen LogP contribution in [0.15, 0.2) is 0 Å². The average Bonchev–Trinajstić information content (AvgIpc) is 2.76. The number of esters is 1. The van der Waals surface area contributed by atoms with E-state index < -0.39 is 23.4 Å². The SMILES string of the molecule is CCOC(=O)C(C(=O)N1CCC(C(C)O)C1)C(C)(C)C. The van der Waals surface area contributed by atoms with Crippen LogP contribution < -0.4 is 0 Å². The molecule has 1 amide bonds. The average molecular weight is 285 g/mol. The zero-order valence-electron chi connectivity index (χ0n) is 13.2. The Morgan fingerprint density at radius 1 is 1.40 bits per heavy atom. The van der Waals surface area contributed by atoms with Crippen molar-refractivity contribution < 1.29 is 19.4 Å². The molecule has 0 aliphatic carbocycles. The first-order valence-electron chi connectivity index (χ1n) is 7.32. The summed E-state index contributed by atoms with van der Waals surface area (Å²) in [5, 5.41) is 9.61. The summed E-state index contributed by atoms with van der Waals surface area (Å²) >= 11 is 0. The molecule has 0 aromatic rings. The van der Waals surface area contributed by atoms with Crippen LogP contribution in [0.4, 0.5) is 0 Å². The number of carbonyl (C=O) groups is 2. The minimum atomic E-state index is -0.782. The third kappa shape index (κ3) is 3.95. The number of rotatable bonds is 4. The molecule has 1 aliphatic rings. The van der Waals surface area contributed by atoms with Gasteiger partial charge in [0.15, 0.2) is 0 Å². The van der Waals surface area contributed by atoms with Crippen LogP contribution in [-0.2, 0) is 14.3 Å². The molecule has 1 fully saturated rings. The predicted molar refractivity (Wildman–Crippen MR) is 75.9 cm³/mol. The number of nitrogens with zero attached hydrogens (tertiary/aromatic N) is 1. The molecule has 1 aliphatic heterocycles. The molecule has 5 heteroatoms. The second-order valence-electron chi connectivity index (χ2n) is 6.62. The molecule has 20 heavy (non-hydrogen) atoms. The number of aliphatic hydroxyl groups is 1. The Kier molecular flexibility index (Phi) is 5.57. The molecular formula is C15H27NO4. The highest BCUT2D eigenvalue weighted by atomic mass is 16.5.